The summed E-state index contributed by atoms with van der Waals surface area (Å²) >= 11 is 0. The Hall–Kier alpha value is -2.06. The summed E-state index contributed by atoms with van der Waals surface area (Å²) < 4.78 is 11.1. The summed E-state index contributed by atoms with van der Waals surface area (Å²) in [5, 5.41) is 10.9. The molecule has 5 N–H and O–H groups in total. The molecular weight excluding hydrogens is 336 g/mol. The molecule has 0 saturated carbocycles. The molecule has 1 aromatic heterocycles. The second kappa shape index (κ2) is 6.92. The van der Waals surface area contributed by atoms with Gasteiger partial charge < -0.3 is 30.9 Å². The predicted octanol–water partition coefficient (Wildman–Crippen LogP) is 0.455. The van der Waals surface area contributed by atoms with Crippen LogP contribution in [0.25, 0.3) is 0 Å². The van der Waals surface area contributed by atoms with Crippen molar-refractivity contribution in [1.29, 1.82) is 0 Å². The third kappa shape index (κ3) is 3.19. The van der Waals surface area contributed by atoms with Crippen LogP contribution in [-0.2, 0) is 16.0 Å². The van der Waals surface area contributed by atoms with Gasteiger partial charge in [-0.3, -0.25) is 4.79 Å². The molecule has 0 radical (unpaired) electrons. The van der Waals surface area contributed by atoms with Gasteiger partial charge >= 0.3 is 5.97 Å². The molecule has 2 aliphatic heterocycles. The van der Waals surface area contributed by atoms with E-state index in [1.165, 1.54) is 0 Å². The van der Waals surface area contributed by atoms with E-state index in [0.717, 1.165) is 17.7 Å². The van der Waals surface area contributed by atoms with E-state index in [1.807, 2.05) is 13.8 Å². The lowest BCUT2D eigenvalue weighted by Crippen LogP contribution is -2.61. The number of fused-ring (bicyclic) bond motifs is 1. The predicted molar refractivity (Wildman–Crippen MR) is 98.0 cm³/mol. The van der Waals surface area contributed by atoms with Crippen molar-refractivity contribution in [1.82, 2.24) is 4.98 Å². The smallest absolute Gasteiger partial charge is 0.323 e. The number of carbonyl (C=O) groups is 1. The highest BCUT2D eigenvalue weighted by atomic mass is 16.6. The number of rotatable bonds is 4. The van der Waals surface area contributed by atoms with Crippen LogP contribution in [-0.4, -0.2) is 53.5 Å². The van der Waals surface area contributed by atoms with Crippen molar-refractivity contribution in [3.05, 3.63) is 11.8 Å². The van der Waals surface area contributed by atoms with E-state index in [2.05, 4.69) is 9.88 Å². The van der Waals surface area contributed by atoms with Crippen molar-refractivity contribution in [3.8, 4) is 5.88 Å². The van der Waals surface area contributed by atoms with Gasteiger partial charge in [-0.2, -0.15) is 0 Å². The van der Waals surface area contributed by atoms with Crippen LogP contribution in [0.5, 0.6) is 5.88 Å². The number of pyridine rings is 1. The molecule has 144 valence electrons. The van der Waals surface area contributed by atoms with Gasteiger partial charge in [0, 0.05) is 24.4 Å². The van der Waals surface area contributed by atoms with Crippen LogP contribution >= 0.6 is 0 Å². The number of nitrogens with two attached hydrogens (primary N) is 2. The fourth-order valence-corrected chi connectivity index (χ4v) is 3.54. The highest BCUT2D eigenvalue weighted by Crippen LogP contribution is 2.40. The average Bonchev–Trinajstić information content (AvgIpc) is 3.06. The molecule has 0 spiro atoms. The van der Waals surface area contributed by atoms with Crippen molar-refractivity contribution < 1.29 is 19.4 Å². The number of esters is 1. The molecule has 3 rings (SSSR count). The third-order valence-corrected chi connectivity index (χ3v) is 5.58. The minimum absolute atomic E-state index is 0.141. The molecule has 1 saturated heterocycles. The molecule has 0 amide bonds. The highest BCUT2D eigenvalue weighted by Gasteiger charge is 2.46. The van der Waals surface area contributed by atoms with Crippen LogP contribution in [0.15, 0.2) is 6.20 Å². The van der Waals surface area contributed by atoms with Crippen molar-refractivity contribution in [2.75, 3.05) is 30.3 Å². The molecule has 4 atom stereocenters. The number of nitrogen functional groups attached to an aromatic ring is 1. The quantitative estimate of drug-likeness (QED) is 0.658. The van der Waals surface area contributed by atoms with Crippen LogP contribution in [0.2, 0.25) is 0 Å². The van der Waals surface area contributed by atoms with Crippen LogP contribution in [0.3, 0.4) is 0 Å². The standard InChI is InChI=1S/C18H28N4O4/c1-4-12(19)17(23)26-14-9-22(8-10(2)18(14,3)24)15-11-5-6-25-16(11)21-7-13(15)20/h7,10,12,14,24H,4-6,8-9,19-20H2,1-3H3/t10-,12?,14+,18-/m0/s1. The van der Waals surface area contributed by atoms with Crippen LogP contribution in [0.4, 0.5) is 11.4 Å². The number of hydrogen-bond donors (Lipinski definition) is 3. The Bertz CT molecular complexity index is 694. The summed E-state index contributed by atoms with van der Waals surface area (Å²) in [7, 11) is 0. The van der Waals surface area contributed by atoms with Gasteiger partial charge in [0.05, 0.1) is 30.7 Å². The first kappa shape index (κ1) is 18.7. The largest absolute Gasteiger partial charge is 0.477 e. The van der Waals surface area contributed by atoms with Gasteiger partial charge in [-0.05, 0) is 13.3 Å². The Balaban J connectivity index is 1.89. The lowest BCUT2D eigenvalue weighted by Gasteiger charge is -2.47. The Morgan fingerprint density at radius 2 is 2.31 bits per heavy atom. The van der Waals surface area contributed by atoms with Gasteiger partial charge in [-0.1, -0.05) is 13.8 Å². The zero-order chi connectivity index (χ0) is 19.1. The topological polar surface area (TPSA) is 124 Å². The van der Waals surface area contributed by atoms with E-state index in [9.17, 15) is 9.90 Å². The molecule has 8 heteroatoms. The van der Waals surface area contributed by atoms with Crippen molar-refractivity contribution in [2.45, 2.75) is 51.4 Å². The number of anilines is 2. The molecule has 0 aliphatic carbocycles. The van der Waals surface area contributed by atoms with Crippen molar-refractivity contribution >= 4 is 17.3 Å². The van der Waals surface area contributed by atoms with Crippen LogP contribution in [0.1, 0.15) is 32.8 Å². The van der Waals surface area contributed by atoms with E-state index in [-0.39, 0.29) is 5.92 Å². The molecule has 1 unspecified atom stereocenters. The minimum Gasteiger partial charge on any atom is -0.477 e. The van der Waals surface area contributed by atoms with Crippen LogP contribution < -0.4 is 21.1 Å². The highest BCUT2D eigenvalue weighted by molar-refractivity contribution is 5.76. The normalized spacial score (nSPS) is 29.0. The second-order valence-electron chi connectivity index (χ2n) is 7.42. The van der Waals surface area contributed by atoms with Gasteiger partial charge in [0.15, 0.2) is 0 Å². The third-order valence-electron chi connectivity index (χ3n) is 5.58. The van der Waals surface area contributed by atoms with E-state index in [1.54, 1.807) is 13.1 Å². The number of piperidine rings is 1. The summed E-state index contributed by atoms with van der Waals surface area (Å²) in [4.78, 5) is 18.5. The molecule has 8 nitrogen and oxygen atoms in total. The fourth-order valence-electron chi connectivity index (χ4n) is 3.54. The fraction of sp³-hybridized carbons (Fsp3) is 0.667. The number of aliphatic hydroxyl groups is 1. The first-order valence-electron chi connectivity index (χ1n) is 9.09. The van der Waals surface area contributed by atoms with Crippen molar-refractivity contribution in [3.63, 3.8) is 0 Å². The molecule has 1 fully saturated rings. The van der Waals surface area contributed by atoms with E-state index in [4.69, 9.17) is 20.9 Å². The number of nitrogens with zero attached hydrogens (tertiary/aromatic N) is 2. The molecule has 26 heavy (non-hydrogen) atoms. The zero-order valence-electron chi connectivity index (χ0n) is 15.6. The maximum absolute atomic E-state index is 12.2. The molecular formula is C18H28N4O4. The zero-order valence-corrected chi connectivity index (χ0v) is 15.6. The lowest BCUT2D eigenvalue weighted by molar-refractivity contribution is -0.172. The van der Waals surface area contributed by atoms with Gasteiger partial charge in [0.2, 0.25) is 5.88 Å². The van der Waals surface area contributed by atoms with E-state index < -0.39 is 23.7 Å². The number of hydrogen-bond acceptors (Lipinski definition) is 8. The molecule has 0 bridgehead atoms. The molecule has 1 aromatic rings. The summed E-state index contributed by atoms with van der Waals surface area (Å²) in [5.41, 5.74) is 13.2. The van der Waals surface area contributed by atoms with Gasteiger partial charge in [0.1, 0.15) is 17.7 Å². The average molecular weight is 364 g/mol. The maximum atomic E-state index is 12.2. The molecule has 0 aromatic carbocycles. The monoisotopic (exact) mass is 364 g/mol. The summed E-state index contributed by atoms with van der Waals surface area (Å²) in [6, 6.07) is -0.694. The first-order valence-corrected chi connectivity index (χ1v) is 9.09. The Kier molecular flexibility index (Phi) is 4.98. The molecule has 3 heterocycles. The number of ether oxygens (including phenoxy) is 2. The summed E-state index contributed by atoms with van der Waals surface area (Å²) in [5.74, 6) is -0.0405. The van der Waals surface area contributed by atoms with Crippen LogP contribution in [0, 0.1) is 5.92 Å². The Morgan fingerprint density at radius 3 is 3.00 bits per heavy atom. The Morgan fingerprint density at radius 1 is 1.58 bits per heavy atom. The number of aromatic nitrogens is 1. The maximum Gasteiger partial charge on any atom is 0.323 e. The van der Waals surface area contributed by atoms with E-state index in [0.29, 0.717) is 37.7 Å². The van der Waals surface area contributed by atoms with Gasteiger partial charge in [-0.15, -0.1) is 0 Å². The SMILES string of the molecule is CCC(N)C(=O)O[C@@H]1CN(c2c(N)cnc3c2CCO3)C[C@H](C)[C@]1(C)O. The lowest BCUT2D eigenvalue weighted by atomic mass is 9.81. The minimum atomic E-state index is -1.15. The summed E-state index contributed by atoms with van der Waals surface area (Å²) in [6.45, 7) is 6.95. The Labute approximate surface area is 153 Å². The van der Waals surface area contributed by atoms with Crippen molar-refractivity contribution in [2.24, 2.45) is 11.7 Å². The van der Waals surface area contributed by atoms with Gasteiger partial charge in [-0.25, -0.2) is 4.98 Å². The first-order chi connectivity index (χ1) is 12.3. The van der Waals surface area contributed by atoms with Gasteiger partial charge in [0.25, 0.3) is 0 Å². The second-order valence-corrected chi connectivity index (χ2v) is 7.42. The summed E-state index contributed by atoms with van der Waals surface area (Å²) in [6.07, 6.45) is 2.09. The van der Waals surface area contributed by atoms with E-state index >= 15 is 0 Å². The number of carbonyl (C=O) groups excluding carboxylic acids is 1. The molecule has 2 aliphatic rings.